The molecule has 0 N–H and O–H groups in total. The van der Waals surface area contributed by atoms with E-state index >= 15 is 0 Å². The Bertz CT molecular complexity index is 810. The number of carbonyl (C=O) groups is 1. The zero-order chi connectivity index (χ0) is 16.8. The first-order valence-corrected chi connectivity index (χ1v) is 8.57. The van der Waals surface area contributed by atoms with Gasteiger partial charge in [-0.2, -0.15) is 0 Å². The van der Waals surface area contributed by atoms with Gasteiger partial charge in [-0.25, -0.2) is 0 Å². The van der Waals surface area contributed by atoms with Crippen molar-refractivity contribution in [1.29, 1.82) is 0 Å². The fraction of sp³-hybridized carbons (Fsp3) is 0.368. The van der Waals surface area contributed by atoms with Gasteiger partial charge in [0, 0.05) is 24.2 Å². The molecule has 3 aliphatic rings. The van der Waals surface area contributed by atoms with Crippen molar-refractivity contribution in [1.82, 2.24) is 9.88 Å². The summed E-state index contributed by atoms with van der Waals surface area (Å²) < 4.78 is 16.9. The van der Waals surface area contributed by atoms with E-state index in [0.29, 0.717) is 23.0 Å². The van der Waals surface area contributed by atoms with Gasteiger partial charge in [0.05, 0.1) is 12.2 Å². The Morgan fingerprint density at radius 1 is 1.20 bits per heavy atom. The summed E-state index contributed by atoms with van der Waals surface area (Å²) in [6.07, 6.45) is 5.57. The lowest BCUT2D eigenvalue weighted by molar-refractivity contribution is 0.0666. The van der Waals surface area contributed by atoms with Gasteiger partial charge in [0.1, 0.15) is 11.9 Å². The van der Waals surface area contributed by atoms with Crippen LogP contribution in [-0.4, -0.2) is 41.3 Å². The van der Waals surface area contributed by atoms with Crippen LogP contribution in [0.1, 0.15) is 23.2 Å². The highest BCUT2D eigenvalue weighted by Crippen LogP contribution is 2.41. The standard InChI is InChI=1S/C19H18N2O4/c22-19(12-4-6-16-17(8-12)24-11-23-16)21-10-13-3-5-15(21)18(13)25-14-2-1-7-20-9-14/h1-2,4,6-9,13,15,18H,3,5,10-11H2. The van der Waals surface area contributed by atoms with Crippen LogP contribution in [0.3, 0.4) is 0 Å². The number of nitrogens with zero attached hydrogens (tertiary/aromatic N) is 2. The first-order chi connectivity index (χ1) is 12.3. The van der Waals surface area contributed by atoms with E-state index in [4.69, 9.17) is 14.2 Å². The number of aromatic nitrogens is 1. The minimum Gasteiger partial charge on any atom is -0.486 e. The maximum atomic E-state index is 13.0. The van der Waals surface area contributed by atoms with Crippen molar-refractivity contribution < 1.29 is 19.0 Å². The van der Waals surface area contributed by atoms with Crippen molar-refractivity contribution in [3.8, 4) is 17.2 Å². The highest BCUT2D eigenvalue weighted by Gasteiger charge is 2.50. The van der Waals surface area contributed by atoms with E-state index in [1.807, 2.05) is 17.0 Å². The zero-order valence-corrected chi connectivity index (χ0v) is 13.6. The highest BCUT2D eigenvalue weighted by atomic mass is 16.7. The first-order valence-electron chi connectivity index (χ1n) is 8.57. The molecule has 128 valence electrons. The van der Waals surface area contributed by atoms with Crippen LogP contribution in [0.2, 0.25) is 0 Å². The summed E-state index contributed by atoms with van der Waals surface area (Å²) in [5, 5.41) is 0. The number of fused-ring (bicyclic) bond motifs is 3. The maximum absolute atomic E-state index is 13.0. The predicted molar refractivity (Wildman–Crippen MR) is 88.8 cm³/mol. The number of hydrogen-bond acceptors (Lipinski definition) is 5. The van der Waals surface area contributed by atoms with Gasteiger partial charge in [-0.3, -0.25) is 9.78 Å². The molecule has 3 unspecified atom stereocenters. The second-order valence-electron chi connectivity index (χ2n) is 6.70. The molecule has 25 heavy (non-hydrogen) atoms. The molecule has 0 spiro atoms. The van der Waals surface area contributed by atoms with Gasteiger partial charge in [0.25, 0.3) is 5.91 Å². The molecule has 3 heterocycles. The SMILES string of the molecule is O=C(c1ccc2c(c1)OCO2)N1CC2CCC1C2Oc1cccnc1. The van der Waals surface area contributed by atoms with Crippen molar-refractivity contribution in [2.24, 2.45) is 5.92 Å². The van der Waals surface area contributed by atoms with Crippen LogP contribution in [0.5, 0.6) is 17.2 Å². The summed E-state index contributed by atoms with van der Waals surface area (Å²) >= 11 is 0. The number of carbonyl (C=O) groups excluding carboxylic acids is 1. The summed E-state index contributed by atoms with van der Waals surface area (Å²) in [5.41, 5.74) is 0.636. The van der Waals surface area contributed by atoms with Crippen LogP contribution >= 0.6 is 0 Å². The molecular formula is C19H18N2O4. The molecule has 0 radical (unpaired) electrons. The van der Waals surface area contributed by atoms with Crippen LogP contribution in [0.25, 0.3) is 0 Å². The minimum atomic E-state index is 0.0327. The molecule has 2 fully saturated rings. The second kappa shape index (κ2) is 5.65. The Morgan fingerprint density at radius 2 is 2.12 bits per heavy atom. The van der Waals surface area contributed by atoms with Gasteiger partial charge in [-0.15, -0.1) is 0 Å². The highest BCUT2D eigenvalue weighted by molar-refractivity contribution is 5.95. The third-order valence-electron chi connectivity index (χ3n) is 5.30. The average Bonchev–Trinajstić information content (AvgIpc) is 3.36. The van der Waals surface area contributed by atoms with Crippen molar-refractivity contribution in [2.45, 2.75) is 25.0 Å². The van der Waals surface area contributed by atoms with Gasteiger partial charge in [0.15, 0.2) is 11.5 Å². The van der Waals surface area contributed by atoms with E-state index in [1.165, 1.54) is 0 Å². The van der Waals surface area contributed by atoms with Crippen LogP contribution in [0.15, 0.2) is 42.7 Å². The Hall–Kier alpha value is -2.76. The smallest absolute Gasteiger partial charge is 0.254 e. The molecule has 6 heteroatoms. The average molecular weight is 338 g/mol. The van der Waals surface area contributed by atoms with E-state index in [1.54, 1.807) is 30.6 Å². The Labute approximate surface area is 145 Å². The summed E-state index contributed by atoms with van der Waals surface area (Å²) in [5.74, 6) is 2.51. The first kappa shape index (κ1) is 14.6. The molecule has 1 aromatic carbocycles. The number of hydrogen-bond donors (Lipinski definition) is 0. The molecule has 1 aliphatic carbocycles. The summed E-state index contributed by atoms with van der Waals surface area (Å²) in [6, 6.07) is 9.26. The van der Waals surface area contributed by atoms with E-state index in [2.05, 4.69) is 4.98 Å². The topological polar surface area (TPSA) is 60.9 Å². The predicted octanol–water partition coefficient (Wildman–Crippen LogP) is 2.49. The molecule has 6 nitrogen and oxygen atoms in total. The van der Waals surface area contributed by atoms with E-state index in [9.17, 15) is 4.79 Å². The summed E-state index contributed by atoms with van der Waals surface area (Å²) in [4.78, 5) is 19.0. The van der Waals surface area contributed by atoms with E-state index in [-0.39, 0.29) is 24.8 Å². The largest absolute Gasteiger partial charge is 0.486 e. The molecule has 1 amide bonds. The van der Waals surface area contributed by atoms with E-state index < -0.39 is 0 Å². The van der Waals surface area contributed by atoms with Gasteiger partial charge in [-0.1, -0.05) is 0 Å². The normalized spacial score (nSPS) is 26.1. The maximum Gasteiger partial charge on any atom is 0.254 e. The van der Waals surface area contributed by atoms with E-state index in [0.717, 1.165) is 25.1 Å². The van der Waals surface area contributed by atoms with Gasteiger partial charge in [-0.05, 0) is 43.2 Å². The Kier molecular flexibility index (Phi) is 3.29. The third-order valence-corrected chi connectivity index (χ3v) is 5.30. The van der Waals surface area contributed by atoms with Crippen molar-refractivity contribution in [3.63, 3.8) is 0 Å². The zero-order valence-electron chi connectivity index (χ0n) is 13.6. The lowest BCUT2D eigenvalue weighted by Crippen LogP contribution is -2.40. The quantitative estimate of drug-likeness (QED) is 0.860. The molecule has 2 aliphatic heterocycles. The minimum absolute atomic E-state index is 0.0327. The summed E-state index contributed by atoms with van der Waals surface area (Å²) in [6.45, 7) is 0.950. The van der Waals surface area contributed by atoms with Crippen LogP contribution in [0, 0.1) is 5.92 Å². The number of ether oxygens (including phenoxy) is 3. The van der Waals surface area contributed by atoms with Crippen LogP contribution in [-0.2, 0) is 0 Å². The van der Waals surface area contributed by atoms with Gasteiger partial charge >= 0.3 is 0 Å². The lowest BCUT2D eigenvalue weighted by Gasteiger charge is -2.27. The molecule has 3 atom stereocenters. The Balaban J connectivity index is 1.36. The number of pyridine rings is 1. The molecule has 1 saturated carbocycles. The number of amides is 1. The fourth-order valence-corrected chi connectivity index (χ4v) is 4.12. The third kappa shape index (κ3) is 2.40. The molecule has 5 rings (SSSR count). The van der Waals surface area contributed by atoms with Gasteiger partial charge in [0.2, 0.25) is 6.79 Å². The van der Waals surface area contributed by atoms with Crippen LogP contribution in [0.4, 0.5) is 0 Å². The summed E-state index contributed by atoms with van der Waals surface area (Å²) in [7, 11) is 0. The molecule has 1 saturated heterocycles. The molecule has 2 aromatic rings. The number of benzene rings is 1. The van der Waals surface area contributed by atoms with Crippen molar-refractivity contribution in [3.05, 3.63) is 48.3 Å². The lowest BCUT2D eigenvalue weighted by atomic mass is 10.1. The van der Waals surface area contributed by atoms with Gasteiger partial charge < -0.3 is 19.1 Å². The number of likely N-dealkylation sites (tertiary alicyclic amines) is 1. The Morgan fingerprint density at radius 3 is 3.00 bits per heavy atom. The molecule has 2 bridgehead atoms. The molecular weight excluding hydrogens is 320 g/mol. The van der Waals surface area contributed by atoms with Crippen molar-refractivity contribution >= 4 is 5.91 Å². The number of rotatable bonds is 3. The number of piperidine rings is 1. The fourth-order valence-electron chi connectivity index (χ4n) is 4.12. The second-order valence-corrected chi connectivity index (χ2v) is 6.70. The van der Waals surface area contributed by atoms with Crippen LogP contribution < -0.4 is 14.2 Å². The molecule has 1 aromatic heterocycles. The van der Waals surface area contributed by atoms with Crippen molar-refractivity contribution in [2.75, 3.05) is 13.3 Å². The monoisotopic (exact) mass is 338 g/mol.